The maximum atomic E-state index is 11.2. The summed E-state index contributed by atoms with van der Waals surface area (Å²) < 4.78 is 29.9. The van der Waals surface area contributed by atoms with Gasteiger partial charge in [-0.3, -0.25) is 0 Å². The third kappa shape index (κ3) is 4.64. The molecule has 6 nitrogen and oxygen atoms in total. The Bertz CT molecular complexity index is 717. The van der Waals surface area contributed by atoms with Crippen molar-refractivity contribution in [2.75, 3.05) is 6.26 Å². The van der Waals surface area contributed by atoms with Gasteiger partial charge in [-0.15, -0.1) is 0 Å². The fraction of sp³-hybridized carbons (Fsp3) is 0.429. The first-order valence-corrected chi connectivity index (χ1v) is 8.49. The Labute approximate surface area is 124 Å². The van der Waals surface area contributed by atoms with Crippen LogP contribution < -0.4 is 4.72 Å². The highest BCUT2D eigenvalue weighted by atomic mass is 32.2. The summed E-state index contributed by atoms with van der Waals surface area (Å²) in [6.45, 7) is 5.74. The van der Waals surface area contributed by atoms with E-state index in [1.165, 1.54) is 11.1 Å². The van der Waals surface area contributed by atoms with Crippen molar-refractivity contribution in [2.45, 2.75) is 33.2 Å². The van der Waals surface area contributed by atoms with Gasteiger partial charge < -0.3 is 4.52 Å². The predicted molar refractivity (Wildman–Crippen MR) is 79.4 cm³/mol. The summed E-state index contributed by atoms with van der Waals surface area (Å²) in [5, 5.41) is 3.90. The van der Waals surface area contributed by atoms with Gasteiger partial charge in [-0.05, 0) is 26.3 Å². The number of nitrogens with one attached hydrogen (secondary N) is 1. The molecule has 1 aromatic heterocycles. The number of hydrogen-bond acceptors (Lipinski definition) is 5. The van der Waals surface area contributed by atoms with Crippen LogP contribution in [0.15, 0.2) is 22.7 Å². The predicted octanol–water partition coefficient (Wildman–Crippen LogP) is 1.89. The smallest absolute Gasteiger partial charge is 0.244 e. The molecule has 0 bridgehead atoms. The molecule has 1 heterocycles. The Kier molecular flexibility index (Phi) is 4.43. The molecular formula is C14H19N3O3S. The summed E-state index contributed by atoms with van der Waals surface area (Å²) in [5.41, 5.74) is 3.46. The summed E-state index contributed by atoms with van der Waals surface area (Å²) in [4.78, 5) is 4.24. The number of hydrogen-bond donors (Lipinski definition) is 1. The first-order valence-electron chi connectivity index (χ1n) is 6.60. The van der Waals surface area contributed by atoms with Crippen molar-refractivity contribution in [2.24, 2.45) is 0 Å². The minimum atomic E-state index is -3.31. The average molecular weight is 309 g/mol. The van der Waals surface area contributed by atoms with E-state index in [4.69, 9.17) is 4.52 Å². The molecular weight excluding hydrogens is 290 g/mol. The number of benzene rings is 1. The maximum absolute atomic E-state index is 11.2. The summed E-state index contributed by atoms with van der Waals surface area (Å²) in [5.74, 6) is 0.803. The maximum Gasteiger partial charge on any atom is 0.244 e. The number of aromatic nitrogens is 2. The van der Waals surface area contributed by atoms with Gasteiger partial charge in [0.25, 0.3) is 0 Å². The van der Waals surface area contributed by atoms with Crippen LogP contribution in [0.3, 0.4) is 0 Å². The zero-order valence-corrected chi connectivity index (χ0v) is 13.4. The van der Waals surface area contributed by atoms with Gasteiger partial charge in [-0.2, -0.15) is 4.98 Å². The van der Waals surface area contributed by atoms with Crippen LogP contribution in [-0.4, -0.2) is 24.8 Å². The van der Waals surface area contributed by atoms with Crippen molar-refractivity contribution in [3.05, 3.63) is 46.6 Å². The highest BCUT2D eigenvalue weighted by Gasteiger charge is 2.17. The molecule has 0 spiro atoms. The van der Waals surface area contributed by atoms with Crippen LogP contribution in [0, 0.1) is 13.8 Å². The monoisotopic (exact) mass is 309 g/mol. The lowest BCUT2D eigenvalue weighted by Crippen LogP contribution is -2.25. The third-order valence-electron chi connectivity index (χ3n) is 2.89. The highest BCUT2D eigenvalue weighted by Crippen LogP contribution is 2.15. The van der Waals surface area contributed by atoms with Gasteiger partial charge in [0.2, 0.25) is 15.9 Å². The molecule has 0 aliphatic carbocycles. The topological polar surface area (TPSA) is 85.1 Å². The molecule has 1 atom stereocenters. The molecule has 0 saturated carbocycles. The Morgan fingerprint density at radius 1 is 1.24 bits per heavy atom. The Morgan fingerprint density at radius 3 is 2.43 bits per heavy atom. The van der Waals surface area contributed by atoms with E-state index in [1.807, 2.05) is 13.8 Å². The van der Waals surface area contributed by atoms with E-state index in [0.29, 0.717) is 12.2 Å². The van der Waals surface area contributed by atoms with Gasteiger partial charge in [0, 0.05) is 6.42 Å². The molecule has 0 saturated heterocycles. The molecule has 1 unspecified atom stereocenters. The number of rotatable bonds is 5. The summed E-state index contributed by atoms with van der Waals surface area (Å²) in [6, 6.07) is 5.70. The lowest BCUT2D eigenvalue weighted by molar-refractivity contribution is 0.350. The van der Waals surface area contributed by atoms with Gasteiger partial charge >= 0.3 is 0 Å². The van der Waals surface area contributed by atoms with Crippen molar-refractivity contribution in [3.8, 4) is 0 Å². The van der Waals surface area contributed by atoms with E-state index in [1.54, 1.807) is 6.92 Å². The second-order valence-corrected chi connectivity index (χ2v) is 7.11. The van der Waals surface area contributed by atoms with Crippen LogP contribution in [0.4, 0.5) is 0 Å². The molecule has 0 aliphatic rings. The van der Waals surface area contributed by atoms with Gasteiger partial charge in [-0.25, -0.2) is 13.1 Å². The summed E-state index contributed by atoms with van der Waals surface area (Å²) in [7, 11) is -3.31. The molecule has 0 amide bonds. The zero-order valence-electron chi connectivity index (χ0n) is 12.5. The van der Waals surface area contributed by atoms with E-state index in [0.717, 1.165) is 11.8 Å². The lowest BCUT2D eigenvalue weighted by Gasteiger charge is -2.06. The van der Waals surface area contributed by atoms with E-state index in [2.05, 4.69) is 33.1 Å². The van der Waals surface area contributed by atoms with E-state index < -0.39 is 16.1 Å². The Morgan fingerprint density at radius 2 is 1.86 bits per heavy atom. The highest BCUT2D eigenvalue weighted by molar-refractivity contribution is 7.88. The molecule has 1 N–H and O–H groups in total. The zero-order chi connectivity index (χ0) is 15.6. The summed E-state index contributed by atoms with van der Waals surface area (Å²) >= 11 is 0. The Hall–Kier alpha value is -1.73. The van der Waals surface area contributed by atoms with Crippen molar-refractivity contribution >= 4 is 10.0 Å². The number of aryl methyl sites for hydroxylation is 2. The van der Waals surface area contributed by atoms with E-state index in [9.17, 15) is 8.42 Å². The van der Waals surface area contributed by atoms with Crippen LogP contribution in [0.2, 0.25) is 0 Å². The second kappa shape index (κ2) is 5.95. The molecule has 0 fully saturated rings. The van der Waals surface area contributed by atoms with Crippen LogP contribution in [-0.2, 0) is 16.4 Å². The number of nitrogens with zero attached hydrogens (tertiary/aromatic N) is 2. The lowest BCUT2D eigenvalue weighted by atomic mass is 10.1. The molecule has 0 aliphatic heterocycles. The van der Waals surface area contributed by atoms with Crippen LogP contribution in [0.5, 0.6) is 0 Å². The molecule has 7 heteroatoms. The minimum absolute atomic E-state index is 0.264. The van der Waals surface area contributed by atoms with Crippen LogP contribution >= 0.6 is 0 Å². The van der Waals surface area contributed by atoms with E-state index in [-0.39, 0.29) is 5.89 Å². The third-order valence-corrected chi connectivity index (χ3v) is 3.67. The molecule has 2 rings (SSSR count). The summed E-state index contributed by atoms with van der Waals surface area (Å²) in [6.07, 6.45) is 1.65. The first-order chi connectivity index (χ1) is 9.73. The van der Waals surface area contributed by atoms with Crippen molar-refractivity contribution < 1.29 is 12.9 Å². The minimum Gasteiger partial charge on any atom is -0.338 e. The number of sulfonamides is 1. The van der Waals surface area contributed by atoms with Gasteiger partial charge in [-0.1, -0.05) is 34.5 Å². The quantitative estimate of drug-likeness (QED) is 0.911. The Balaban J connectivity index is 2.13. The normalized spacial score (nSPS) is 13.3. The molecule has 1 aromatic carbocycles. The molecule has 114 valence electrons. The van der Waals surface area contributed by atoms with E-state index >= 15 is 0 Å². The SMILES string of the molecule is Cc1cc(C)cc(Cc2noc(C(C)NS(C)(=O)=O)n2)c1. The fourth-order valence-corrected chi connectivity index (χ4v) is 2.98. The van der Waals surface area contributed by atoms with Gasteiger partial charge in [0.1, 0.15) is 0 Å². The molecule has 0 radical (unpaired) electrons. The standard InChI is InChI=1S/C14H19N3O3S/c1-9-5-10(2)7-12(6-9)8-13-15-14(20-16-13)11(3)17-21(4,18)19/h5-7,11,17H,8H2,1-4H3. The van der Waals surface area contributed by atoms with Crippen LogP contribution in [0.25, 0.3) is 0 Å². The fourth-order valence-electron chi connectivity index (χ4n) is 2.24. The second-order valence-electron chi connectivity index (χ2n) is 5.33. The molecule has 21 heavy (non-hydrogen) atoms. The first kappa shape index (κ1) is 15.7. The van der Waals surface area contributed by atoms with Gasteiger partial charge in [0.05, 0.1) is 12.3 Å². The van der Waals surface area contributed by atoms with Crippen molar-refractivity contribution in [1.82, 2.24) is 14.9 Å². The molecule has 2 aromatic rings. The van der Waals surface area contributed by atoms with Crippen molar-refractivity contribution in [1.29, 1.82) is 0 Å². The average Bonchev–Trinajstić information content (AvgIpc) is 2.73. The van der Waals surface area contributed by atoms with Crippen LogP contribution in [0.1, 0.15) is 41.4 Å². The van der Waals surface area contributed by atoms with Crippen molar-refractivity contribution in [3.63, 3.8) is 0 Å². The largest absolute Gasteiger partial charge is 0.338 e. The van der Waals surface area contributed by atoms with Gasteiger partial charge in [0.15, 0.2) is 5.82 Å².